The third-order valence-electron chi connectivity index (χ3n) is 5.50. The average Bonchev–Trinajstić information content (AvgIpc) is 2.80. The lowest BCUT2D eigenvalue weighted by molar-refractivity contribution is -0.146. The molecule has 5 heteroatoms. The molecule has 0 atom stereocenters. The minimum Gasteiger partial charge on any atom is -0.464 e. The molecule has 0 amide bonds. The Balaban J connectivity index is 4.27. The molecule has 0 fully saturated rings. The summed E-state index contributed by atoms with van der Waals surface area (Å²) in [5.74, 6) is -0.605. The molecule has 0 saturated heterocycles. The van der Waals surface area contributed by atoms with Gasteiger partial charge >= 0.3 is 11.9 Å². The van der Waals surface area contributed by atoms with Crippen LogP contribution in [0.4, 0.5) is 0 Å². The highest BCUT2D eigenvalue weighted by atomic mass is 16.5. The van der Waals surface area contributed by atoms with Crippen LogP contribution in [0.15, 0.2) is 24.5 Å². The van der Waals surface area contributed by atoms with Gasteiger partial charge in [-0.1, -0.05) is 97.1 Å². The van der Waals surface area contributed by atoms with Crippen LogP contribution in [-0.4, -0.2) is 43.1 Å². The summed E-state index contributed by atoms with van der Waals surface area (Å²) in [6.07, 6.45) is 24.8. The van der Waals surface area contributed by atoms with Crippen LogP contribution in [0.1, 0.15) is 117 Å². The fourth-order valence-electron chi connectivity index (χ4n) is 3.52. The summed E-state index contributed by atoms with van der Waals surface area (Å²) in [4.78, 5) is 26.3. The van der Waals surface area contributed by atoms with Gasteiger partial charge in [-0.05, 0) is 44.7 Å². The third kappa shape index (κ3) is 23.3. The second-order valence-electron chi connectivity index (χ2n) is 8.79. The molecule has 5 nitrogen and oxygen atoms in total. The number of rotatable bonds is 23. The number of carbonyl (C=O) groups is 2. The van der Waals surface area contributed by atoms with Crippen LogP contribution in [0.3, 0.4) is 0 Å². The van der Waals surface area contributed by atoms with Crippen molar-refractivity contribution in [1.82, 2.24) is 4.90 Å². The summed E-state index contributed by atoms with van der Waals surface area (Å²) in [6.45, 7) is 7.78. The Hall–Kier alpha value is -1.62. The van der Waals surface area contributed by atoms with E-state index in [0.29, 0.717) is 13.2 Å². The number of nitrogens with zero attached hydrogens (tertiary/aromatic N) is 1. The Bertz CT molecular complexity index is 516. The molecule has 0 rings (SSSR count). The summed E-state index contributed by atoms with van der Waals surface area (Å²) in [5.41, 5.74) is 0. The third-order valence-corrected chi connectivity index (χ3v) is 5.50. The first-order valence-electron chi connectivity index (χ1n) is 13.5. The molecule has 0 aliphatic carbocycles. The zero-order valence-corrected chi connectivity index (χ0v) is 21.8. The van der Waals surface area contributed by atoms with Crippen molar-refractivity contribution in [2.24, 2.45) is 0 Å². The summed E-state index contributed by atoms with van der Waals surface area (Å²) in [5, 5.41) is 0. The molecule has 0 aliphatic heterocycles. The molecule has 0 saturated carbocycles. The average molecular weight is 466 g/mol. The maximum atomic E-state index is 12.2. The van der Waals surface area contributed by atoms with E-state index in [1.807, 2.05) is 17.1 Å². The molecule has 0 heterocycles. The molecule has 0 N–H and O–H groups in total. The topological polar surface area (TPSA) is 55.8 Å². The van der Waals surface area contributed by atoms with Crippen molar-refractivity contribution in [3.05, 3.63) is 24.5 Å². The molecule has 0 aromatic carbocycles. The minimum absolute atomic E-state index is 0.111. The normalized spacial score (nSPS) is 11.6. The second-order valence-corrected chi connectivity index (χ2v) is 8.79. The fraction of sp³-hybridized carbons (Fsp3) is 0.786. The van der Waals surface area contributed by atoms with Gasteiger partial charge in [0.2, 0.25) is 0 Å². The summed E-state index contributed by atoms with van der Waals surface area (Å²) >= 11 is 0. The number of esters is 2. The molecule has 0 bridgehead atoms. The number of carbonyl (C=O) groups excluding carboxylic acids is 2. The van der Waals surface area contributed by atoms with E-state index in [9.17, 15) is 9.59 Å². The van der Waals surface area contributed by atoms with Crippen molar-refractivity contribution in [3.8, 4) is 0 Å². The lowest BCUT2D eigenvalue weighted by Gasteiger charge is -2.20. The first-order valence-corrected chi connectivity index (χ1v) is 13.5. The van der Waals surface area contributed by atoms with Gasteiger partial charge in [0.25, 0.3) is 0 Å². The predicted molar refractivity (Wildman–Crippen MR) is 138 cm³/mol. The van der Waals surface area contributed by atoms with Crippen LogP contribution in [0.5, 0.6) is 0 Å². The van der Waals surface area contributed by atoms with Crippen molar-refractivity contribution in [3.63, 3.8) is 0 Å². The first kappa shape index (κ1) is 31.4. The van der Waals surface area contributed by atoms with Gasteiger partial charge in [0.15, 0.2) is 0 Å². The monoisotopic (exact) mass is 465 g/mol. The van der Waals surface area contributed by atoms with Crippen molar-refractivity contribution < 1.29 is 19.1 Å². The van der Waals surface area contributed by atoms with Crippen LogP contribution in [0.25, 0.3) is 0 Å². The van der Waals surface area contributed by atoms with E-state index in [2.05, 4.69) is 26.8 Å². The van der Waals surface area contributed by atoms with E-state index in [-0.39, 0.29) is 25.0 Å². The van der Waals surface area contributed by atoms with Gasteiger partial charge in [0, 0.05) is 0 Å². The number of hydrogen-bond acceptors (Lipinski definition) is 5. The summed E-state index contributed by atoms with van der Waals surface area (Å²) in [6, 6.07) is 0. The molecular weight excluding hydrogens is 414 g/mol. The number of hydrogen-bond donors (Lipinski definition) is 0. The highest BCUT2D eigenvalue weighted by Gasteiger charge is 2.16. The van der Waals surface area contributed by atoms with E-state index < -0.39 is 0 Å². The van der Waals surface area contributed by atoms with Crippen molar-refractivity contribution in [1.29, 1.82) is 0 Å². The minimum atomic E-state index is -0.325. The number of allylic oxidation sites excluding steroid dienone is 2. The van der Waals surface area contributed by atoms with Crippen molar-refractivity contribution in [2.45, 2.75) is 117 Å². The van der Waals surface area contributed by atoms with Crippen molar-refractivity contribution in [2.75, 3.05) is 26.2 Å². The highest BCUT2D eigenvalue weighted by molar-refractivity contribution is 5.75. The maximum absolute atomic E-state index is 12.2. The van der Waals surface area contributed by atoms with Crippen LogP contribution < -0.4 is 0 Å². The molecule has 0 aromatic rings. The van der Waals surface area contributed by atoms with E-state index in [1.54, 1.807) is 0 Å². The maximum Gasteiger partial charge on any atom is 0.324 e. The second kappa shape index (κ2) is 25.0. The SMILES string of the molecule is CC/C=C\CCOC(=O)CN(CCCCCCCCCCCC)CC(=O)OC=CCCCC. The Morgan fingerprint density at radius 1 is 0.667 bits per heavy atom. The smallest absolute Gasteiger partial charge is 0.324 e. The first-order chi connectivity index (χ1) is 16.1. The lowest BCUT2D eigenvalue weighted by Crippen LogP contribution is -2.36. The Labute approximate surface area is 204 Å². The van der Waals surface area contributed by atoms with Crippen LogP contribution in [0.2, 0.25) is 0 Å². The molecular formula is C28H51NO4. The standard InChI is InChI=1S/C28H51NO4/c1-4-7-10-13-14-15-16-17-18-19-22-29(25-27(30)32-23-20-11-8-5-2)26-28(31)33-24-21-12-9-6-3/h8,11,21,24H,4-7,9-10,12-20,22-23,25-26H2,1-3H3/b11-8-,24-21?. The molecule has 0 radical (unpaired) electrons. The quantitative estimate of drug-likeness (QED) is 0.0683. The molecule has 33 heavy (non-hydrogen) atoms. The van der Waals surface area contributed by atoms with Crippen molar-refractivity contribution >= 4 is 11.9 Å². The van der Waals surface area contributed by atoms with E-state index in [0.717, 1.165) is 44.9 Å². The van der Waals surface area contributed by atoms with Crippen LogP contribution in [0, 0.1) is 0 Å². The van der Waals surface area contributed by atoms with Gasteiger partial charge in [-0.15, -0.1) is 0 Å². The zero-order chi connectivity index (χ0) is 24.4. The van der Waals surface area contributed by atoms with E-state index >= 15 is 0 Å². The van der Waals surface area contributed by atoms with E-state index in [4.69, 9.17) is 9.47 Å². The van der Waals surface area contributed by atoms with Gasteiger partial charge in [0.1, 0.15) is 0 Å². The summed E-state index contributed by atoms with van der Waals surface area (Å²) in [7, 11) is 0. The molecule has 0 aromatic heterocycles. The predicted octanol–water partition coefficient (Wildman–Crippen LogP) is 7.36. The van der Waals surface area contributed by atoms with Gasteiger partial charge in [-0.2, -0.15) is 0 Å². The Kier molecular flexibility index (Phi) is 23.8. The Morgan fingerprint density at radius 3 is 1.91 bits per heavy atom. The van der Waals surface area contributed by atoms with E-state index in [1.165, 1.54) is 57.6 Å². The molecule has 0 aliphatic rings. The zero-order valence-electron chi connectivity index (χ0n) is 21.8. The molecule has 0 spiro atoms. The fourth-order valence-corrected chi connectivity index (χ4v) is 3.52. The largest absolute Gasteiger partial charge is 0.464 e. The van der Waals surface area contributed by atoms with Gasteiger partial charge in [0.05, 0.1) is 26.0 Å². The van der Waals surface area contributed by atoms with Crippen LogP contribution in [-0.2, 0) is 19.1 Å². The van der Waals surface area contributed by atoms with Gasteiger partial charge in [-0.25, -0.2) is 0 Å². The highest BCUT2D eigenvalue weighted by Crippen LogP contribution is 2.11. The van der Waals surface area contributed by atoms with Gasteiger partial charge in [-0.3, -0.25) is 14.5 Å². The lowest BCUT2D eigenvalue weighted by atomic mass is 10.1. The Morgan fingerprint density at radius 2 is 1.27 bits per heavy atom. The molecule has 192 valence electrons. The summed E-state index contributed by atoms with van der Waals surface area (Å²) < 4.78 is 10.5. The van der Waals surface area contributed by atoms with Crippen LogP contribution >= 0.6 is 0 Å². The van der Waals surface area contributed by atoms with Gasteiger partial charge < -0.3 is 9.47 Å². The molecule has 0 unspecified atom stereocenters. The number of ether oxygens (including phenoxy) is 2. The number of unbranched alkanes of at least 4 members (excludes halogenated alkanes) is 11.